The molecule has 0 bridgehead atoms. The lowest BCUT2D eigenvalue weighted by Gasteiger charge is -2.25. The summed E-state index contributed by atoms with van der Waals surface area (Å²) in [5.41, 5.74) is 1.05. The maximum atomic E-state index is 12.4. The number of carbonyl (C=O) groups is 2. The first-order valence-corrected chi connectivity index (χ1v) is 8.68. The molecular weight excluding hydrogens is 294 g/mol. The van der Waals surface area contributed by atoms with Crippen molar-refractivity contribution in [3.05, 3.63) is 21.9 Å². The van der Waals surface area contributed by atoms with E-state index >= 15 is 0 Å². The number of fused-ring (bicyclic) bond motifs is 1. The van der Waals surface area contributed by atoms with Crippen LogP contribution in [0.2, 0.25) is 0 Å². The summed E-state index contributed by atoms with van der Waals surface area (Å²) >= 11 is 3.27. The van der Waals surface area contributed by atoms with Crippen LogP contribution in [-0.2, 0) is 16.0 Å². The van der Waals surface area contributed by atoms with E-state index < -0.39 is 12.0 Å². The van der Waals surface area contributed by atoms with Crippen molar-refractivity contribution in [2.24, 2.45) is 5.92 Å². The fraction of sp³-hybridized carbons (Fsp3) is 0.571. The van der Waals surface area contributed by atoms with Gasteiger partial charge in [0.15, 0.2) is 0 Å². The standard InChI is InChI=1S/C14H19NO3S2/c1-3-8(2)11(14(17)18)15-13(16)12-9-4-6-19-10(9)5-7-20-12/h4,6,8,11-12H,3,5,7H2,1-2H3,(H,15,16)(H,17,18). The monoisotopic (exact) mass is 313 g/mol. The van der Waals surface area contributed by atoms with Crippen molar-refractivity contribution in [1.29, 1.82) is 0 Å². The largest absolute Gasteiger partial charge is 0.480 e. The number of aryl methyl sites for hydroxylation is 1. The van der Waals surface area contributed by atoms with Gasteiger partial charge in [0.05, 0.1) is 0 Å². The first kappa shape index (κ1) is 15.4. The number of aliphatic carboxylic acids is 1. The summed E-state index contributed by atoms with van der Waals surface area (Å²) in [4.78, 5) is 24.9. The van der Waals surface area contributed by atoms with Gasteiger partial charge >= 0.3 is 5.97 Å². The van der Waals surface area contributed by atoms with Gasteiger partial charge in [0.25, 0.3) is 0 Å². The van der Waals surface area contributed by atoms with Gasteiger partial charge in [-0.25, -0.2) is 4.79 Å². The molecule has 4 nitrogen and oxygen atoms in total. The third kappa shape index (κ3) is 3.17. The van der Waals surface area contributed by atoms with Gasteiger partial charge in [-0.3, -0.25) is 4.79 Å². The van der Waals surface area contributed by atoms with Gasteiger partial charge < -0.3 is 10.4 Å². The summed E-state index contributed by atoms with van der Waals surface area (Å²) in [6, 6.07) is 1.17. The van der Waals surface area contributed by atoms with Gasteiger partial charge in [-0.1, -0.05) is 20.3 Å². The number of hydrogen-bond donors (Lipinski definition) is 2. The molecule has 2 heterocycles. The molecule has 0 aromatic carbocycles. The van der Waals surface area contributed by atoms with Crippen molar-refractivity contribution >= 4 is 35.0 Å². The normalized spacial score (nSPS) is 20.8. The molecule has 3 unspecified atom stereocenters. The van der Waals surface area contributed by atoms with Crippen LogP contribution in [0.3, 0.4) is 0 Å². The molecule has 0 radical (unpaired) electrons. The fourth-order valence-corrected chi connectivity index (χ4v) is 4.58. The zero-order valence-electron chi connectivity index (χ0n) is 11.6. The quantitative estimate of drug-likeness (QED) is 0.877. The molecule has 0 saturated heterocycles. The average molecular weight is 313 g/mol. The second-order valence-electron chi connectivity index (χ2n) is 5.01. The van der Waals surface area contributed by atoms with Crippen molar-refractivity contribution in [1.82, 2.24) is 5.32 Å². The van der Waals surface area contributed by atoms with Crippen molar-refractivity contribution < 1.29 is 14.7 Å². The first-order chi connectivity index (χ1) is 9.54. The first-order valence-electron chi connectivity index (χ1n) is 6.75. The second-order valence-corrected chi connectivity index (χ2v) is 7.22. The Morgan fingerprint density at radius 3 is 2.95 bits per heavy atom. The van der Waals surface area contributed by atoms with Gasteiger partial charge in [-0.2, -0.15) is 0 Å². The van der Waals surface area contributed by atoms with Crippen LogP contribution in [0.5, 0.6) is 0 Å². The minimum absolute atomic E-state index is 0.0769. The molecule has 3 atom stereocenters. The zero-order chi connectivity index (χ0) is 14.7. The predicted octanol–water partition coefficient (Wildman–Crippen LogP) is 2.69. The number of hydrogen-bond acceptors (Lipinski definition) is 4. The van der Waals surface area contributed by atoms with E-state index in [9.17, 15) is 14.7 Å². The van der Waals surface area contributed by atoms with Gasteiger partial charge in [0, 0.05) is 4.88 Å². The summed E-state index contributed by atoms with van der Waals surface area (Å²) in [5, 5.41) is 13.7. The van der Waals surface area contributed by atoms with Crippen LogP contribution in [0.1, 0.15) is 36.0 Å². The molecule has 0 spiro atoms. The molecule has 1 amide bonds. The van der Waals surface area contributed by atoms with Gasteiger partial charge in [-0.05, 0) is 35.1 Å². The molecule has 1 aliphatic rings. The van der Waals surface area contributed by atoms with Gasteiger partial charge in [0.2, 0.25) is 5.91 Å². The Morgan fingerprint density at radius 2 is 2.30 bits per heavy atom. The van der Waals surface area contributed by atoms with Crippen LogP contribution in [0.15, 0.2) is 11.4 Å². The van der Waals surface area contributed by atoms with E-state index in [1.165, 1.54) is 4.88 Å². The highest BCUT2D eigenvalue weighted by molar-refractivity contribution is 8.00. The van der Waals surface area contributed by atoms with E-state index in [0.717, 1.165) is 24.2 Å². The zero-order valence-corrected chi connectivity index (χ0v) is 13.2. The maximum absolute atomic E-state index is 12.4. The number of thioether (sulfide) groups is 1. The van der Waals surface area contributed by atoms with Gasteiger partial charge in [-0.15, -0.1) is 23.1 Å². The molecule has 110 valence electrons. The Kier molecular flexibility index (Phi) is 5.10. The summed E-state index contributed by atoms with van der Waals surface area (Å²) < 4.78 is 0. The number of rotatable bonds is 5. The molecular formula is C14H19NO3S2. The van der Waals surface area contributed by atoms with Crippen LogP contribution in [-0.4, -0.2) is 28.8 Å². The Labute approximate surface area is 127 Å². The maximum Gasteiger partial charge on any atom is 0.326 e. The minimum atomic E-state index is -0.959. The van der Waals surface area contributed by atoms with Crippen LogP contribution < -0.4 is 5.32 Å². The van der Waals surface area contributed by atoms with Gasteiger partial charge in [0.1, 0.15) is 11.3 Å². The van der Waals surface area contributed by atoms with Crippen molar-refractivity contribution in [2.75, 3.05) is 5.75 Å². The molecule has 2 rings (SSSR count). The Bertz CT molecular complexity index is 500. The molecule has 2 N–H and O–H groups in total. The summed E-state index contributed by atoms with van der Waals surface area (Å²) in [6.45, 7) is 3.78. The topological polar surface area (TPSA) is 66.4 Å². The van der Waals surface area contributed by atoms with E-state index in [-0.39, 0.29) is 17.1 Å². The third-order valence-electron chi connectivity index (χ3n) is 3.69. The highest BCUT2D eigenvalue weighted by atomic mass is 32.2. The molecule has 1 aromatic heterocycles. The SMILES string of the molecule is CCC(C)C(NC(=O)C1SCCc2sccc21)C(=O)O. The summed E-state index contributed by atoms with van der Waals surface area (Å²) in [5.74, 6) is -0.305. The van der Waals surface area contributed by atoms with E-state index in [1.807, 2.05) is 25.3 Å². The Balaban J connectivity index is 2.11. The fourth-order valence-electron chi connectivity index (χ4n) is 2.28. The number of thiophene rings is 1. The number of carbonyl (C=O) groups excluding carboxylic acids is 1. The number of amides is 1. The number of carboxylic acids is 1. The van der Waals surface area contributed by atoms with Crippen LogP contribution >= 0.6 is 23.1 Å². The predicted molar refractivity (Wildman–Crippen MR) is 82.2 cm³/mol. The molecule has 0 aliphatic carbocycles. The molecule has 0 fully saturated rings. The number of nitrogens with one attached hydrogen (secondary N) is 1. The van der Waals surface area contributed by atoms with E-state index in [4.69, 9.17) is 0 Å². The molecule has 6 heteroatoms. The smallest absolute Gasteiger partial charge is 0.326 e. The molecule has 1 aliphatic heterocycles. The minimum Gasteiger partial charge on any atom is -0.480 e. The summed E-state index contributed by atoms with van der Waals surface area (Å²) in [6.07, 6.45) is 1.72. The summed E-state index contributed by atoms with van der Waals surface area (Å²) in [7, 11) is 0. The van der Waals surface area contributed by atoms with Crippen molar-refractivity contribution in [2.45, 2.75) is 38.0 Å². The second kappa shape index (κ2) is 6.63. The third-order valence-corrected chi connectivity index (χ3v) is 5.93. The molecule has 0 saturated carbocycles. The van der Waals surface area contributed by atoms with Crippen molar-refractivity contribution in [3.63, 3.8) is 0 Å². The van der Waals surface area contributed by atoms with Crippen molar-refractivity contribution in [3.8, 4) is 0 Å². The van der Waals surface area contributed by atoms with E-state index in [1.54, 1.807) is 23.1 Å². The molecule has 20 heavy (non-hydrogen) atoms. The van der Waals surface area contributed by atoms with Crippen LogP contribution in [0, 0.1) is 5.92 Å². The lowest BCUT2D eigenvalue weighted by atomic mass is 9.99. The highest BCUT2D eigenvalue weighted by Gasteiger charge is 2.32. The average Bonchev–Trinajstić information content (AvgIpc) is 2.91. The lowest BCUT2D eigenvalue weighted by Crippen LogP contribution is -2.46. The van der Waals surface area contributed by atoms with E-state index in [2.05, 4.69) is 5.32 Å². The van der Waals surface area contributed by atoms with E-state index in [0.29, 0.717) is 0 Å². The Hall–Kier alpha value is -1.01. The lowest BCUT2D eigenvalue weighted by molar-refractivity contribution is -0.143. The highest BCUT2D eigenvalue weighted by Crippen LogP contribution is 2.39. The molecule has 1 aromatic rings. The Morgan fingerprint density at radius 1 is 1.55 bits per heavy atom. The van der Waals surface area contributed by atoms with Crippen LogP contribution in [0.25, 0.3) is 0 Å². The van der Waals surface area contributed by atoms with Crippen LogP contribution in [0.4, 0.5) is 0 Å². The number of carboxylic acid groups (broad SMARTS) is 1.